The summed E-state index contributed by atoms with van der Waals surface area (Å²) in [4.78, 5) is 12.0. The monoisotopic (exact) mass is 113 g/mol. The van der Waals surface area contributed by atoms with Crippen molar-refractivity contribution >= 4 is 6.41 Å². The van der Waals surface area contributed by atoms with Crippen molar-refractivity contribution in [3.63, 3.8) is 0 Å². The summed E-state index contributed by atoms with van der Waals surface area (Å²) >= 11 is 0. The van der Waals surface area contributed by atoms with E-state index in [9.17, 15) is 4.79 Å². The van der Waals surface area contributed by atoms with E-state index >= 15 is 0 Å². The fourth-order valence-electron chi connectivity index (χ4n) is 1.11. The lowest BCUT2D eigenvalue weighted by molar-refractivity contribution is -0.118. The van der Waals surface area contributed by atoms with E-state index in [4.69, 9.17) is 0 Å². The van der Waals surface area contributed by atoms with Crippen molar-refractivity contribution in [1.82, 2.24) is 4.90 Å². The number of rotatable bonds is 1. The molecule has 1 aliphatic heterocycles. The van der Waals surface area contributed by atoms with Gasteiger partial charge in [0.25, 0.3) is 0 Å². The van der Waals surface area contributed by atoms with E-state index in [0.717, 1.165) is 13.0 Å². The highest BCUT2D eigenvalue weighted by atomic mass is 16.1. The van der Waals surface area contributed by atoms with Gasteiger partial charge in [-0.1, -0.05) is 0 Å². The minimum Gasteiger partial charge on any atom is -0.343 e. The van der Waals surface area contributed by atoms with E-state index < -0.39 is 0 Å². The Balaban J connectivity index is 2.41. The first kappa shape index (κ1) is 5.60. The van der Waals surface area contributed by atoms with Gasteiger partial charge in [-0.3, -0.25) is 4.79 Å². The molecule has 0 bridgehead atoms. The Morgan fingerprint density at radius 2 is 2.50 bits per heavy atom. The topological polar surface area (TPSA) is 20.3 Å². The van der Waals surface area contributed by atoms with Gasteiger partial charge in [0.05, 0.1) is 0 Å². The van der Waals surface area contributed by atoms with Crippen LogP contribution in [-0.2, 0) is 4.79 Å². The molecule has 0 saturated carbocycles. The van der Waals surface area contributed by atoms with Crippen LogP contribution in [0.1, 0.15) is 19.8 Å². The molecular weight excluding hydrogens is 102 g/mol. The second-order valence-corrected chi connectivity index (χ2v) is 2.33. The molecule has 0 radical (unpaired) electrons. The summed E-state index contributed by atoms with van der Waals surface area (Å²) in [6, 6.07) is 0.493. The van der Waals surface area contributed by atoms with E-state index in [0.29, 0.717) is 6.04 Å². The Hall–Kier alpha value is -0.530. The van der Waals surface area contributed by atoms with Gasteiger partial charge in [-0.25, -0.2) is 0 Å². The highest BCUT2D eigenvalue weighted by Crippen LogP contribution is 2.12. The molecule has 0 spiro atoms. The predicted molar refractivity (Wildman–Crippen MR) is 31.5 cm³/mol. The zero-order valence-corrected chi connectivity index (χ0v) is 5.13. The van der Waals surface area contributed by atoms with Gasteiger partial charge < -0.3 is 4.90 Å². The van der Waals surface area contributed by atoms with Crippen LogP contribution in [0, 0.1) is 0 Å². The standard InChI is InChI=1S/C6H11NO/c1-6-3-2-4-7(6)5-8/h5-6H,2-4H2,1H3/t6-/m1/s1. The Kier molecular flexibility index (Phi) is 1.51. The van der Waals surface area contributed by atoms with Gasteiger partial charge in [0.15, 0.2) is 0 Å². The molecule has 0 aromatic carbocycles. The van der Waals surface area contributed by atoms with Crippen molar-refractivity contribution in [2.75, 3.05) is 6.54 Å². The maximum atomic E-state index is 10.1. The van der Waals surface area contributed by atoms with Gasteiger partial charge in [-0.15, -0.1) is 0 Å². The fourth-order valence-corrected chi connectivity index (χ4v) is 1.11. The van der Waals surface area contributed by atoms with Crippen LogP contribution in [-0.4, -0.2) is 23.9 Å². The minimum absolute atomic E-state index is 0.493. The summed E-state index contributed by atoms with van der Waals surface area (Å²) in [6.45, 7) is 3.05. The van der Waals surface area contributed by atoms with Crippen molar-refractivity contribution in [1.29, 1.82) is 0 Å². The molecule has 0 N–H and O–H groups in total. The van der Waals surface area contributed by atoms with Crippen molar-refractivity contribution in [3.05, 3.63) is 0 Å². The van der Waals surface area contributed by atoms with Crippen molar-refractivity contribution in [2.45, 2.75) is 25.8 Å². The van der Waals surface area contributed by atoms with Crippen LogP contribution >= 0.6 is 0 Å². The lowest BCUT2D eigenvalue weighted by Crippen LogP contribution is -2.24. The summed E-state index contributed by atoms with van der Waals surface area (Å²) in [5.74, 6) is 0. The van der Waals surface area contributed by atoms with Gasteiger partial charge in [0, 0.05) is 12.6 Å². The molecule has 1 atom stereocenters. The quantitative estimate of drug-likeness (QED) is 0.457. The molecule has 0 aliphatic carbocycles. The Morgan fingerprint density at radius 3 is 2.75 bits per heavy atom. The number of nitrogens with zero attached hydrogens (tertiary/aromatic N) is 1. The maximum absolute atomic E-state index is 10.1. The summed E-state index contributed by atoms with van der Waals surface area (Å²) in [6.07, 6.45) is 3.30. The molecule has 1 amide bonds. The van der Waals surface area contributed by atoms with Gasteiger partial charge in [0.1, 0.15) is 0 Å². The molecule has 1 saturated heterocycles. The van der Waals surface area contributed by atoms with Crippen molar-refractivity contribution in [2.24, 2.45) is 0 Å². The number of amides is 1. The number of likely N-dealkylation sites (tertiary alicyclic amines) is 1. The number of hydrogen-bond acceptors (Lipinski definition) is 1. The summed E-state index contributed by atoms with van der Waals surface area (Å²) in [7, 11) is 0. The Bertz CT molecular complexity index is 92.5. The Labute approximate surface area is 49.5 Å². The molecule has 2 nitrogen and oxygen atoms in total. The predicted octanol–water partition coefficient (Wildman–Crippen LogP) is 0.627. The molecule has 0 aromatic rings. The van der Waals surface area contributed by atoms with Crippen LogP contribution in [0.2, 0.25) is 0 Å². The first-order valence-electron chi connectivity index (χ1n) is 3.05. The average Bonchev–Trinajstić information content (AvgIpc) is 2.14. The van der Waals surface area contributed by atoms with Gasteiger partial charge in [0.2, 0.25) is 6.41 Å². The molecule has 1 aliphatic rings. The van der Waals surface area contributed by atoms with E-state index in [1.54, 1.807) is 0 Å². The SMILES string of the molecule is C[C@@H]1CCCN1C=O. The smallest absolute Gasteiger partial charge is 0.209 e. The number of carbonyl (C=O) groups is 1. The van der Waals surface area contributed by atoms with Crippen LogP contribution in [0.5, 0.6) is 0 Å². The molecule has 1 fully saturated rings. The number of hydrogen-bond donors (Lipinski definition) is 0. The van der Waals surface area contributed by atoms with E-state index in [1.165, 1.54) is 12.8 Å². The normalized spacial score (nSPS) is 28.6. The highest BCUT2D eigenvalue weighted by Gasteiger charge is 2.16. The third-order valence-corrected chi connectivity index (χ3v) is 1.74. The second kappa shape index (κ2) is 2.16. The fraction of sp³-hybridized carbons (Fsp3) is 0.833. The highest BCUT2D eigenvalue weighted by molar-refractivity contribution is 5.48. The lowest BCUT2D eigenvalue weighted by atomic mass is 10.2. The zero-order valence-electron chi connectivity index (χ0n) is 5.13. The van der Waals surface area contributed by atoms with Crippen LogP contribution in [0.25, 0.3) is 0 Å². The molecule has 1 heterocycles. The van der Waals surface area contributed by atoms with E-state index in [-0.39, 0.29) is 0 Å². The molecular formula is C6H11NO. The van der Waals surface area contributed by atoms with Gasteiger partial charge in [-0.2, -0.15) is 0 Å². The molecule has 8 heavy (non-hydrogen) atoms. The molecule has 2 heteroatoms. The average molecular weight is 113 g/mol. The molecule has 0 unspecified atom stereocenters. The van der Waals surface area contributed by atoms with Gasteiger partial charge >= 0.3 is 0 Å². The maximum Gasteiger partial charge on any atom is 0.209 e. The third kappa shape index (κ3) is 0.831. The zero-order chi connectivity index (χ0) is 5.98. The van der Waals surface area contributed by atoms with Crippen molar-refractivity contribution in [3.8, 4) is 0 Å². The van der Waals surface area contributed by atoms with Crippen LogP contribution in [0.4, 0.5) is 0 Å². The third-order valence-electron chi connectivity index (χ3n) is 1.74. The largest absolute Gasteiger partial charge is 0.343 e. The van der Waals surface area contributed by atoms with Gasteiger partial charge in [-0.05, 0) is 19.8 Å². The van der Waals surface area contributed by atoms with E-state index in [1.807, 2.05) is 4.90 Å². The second-order valence-electron chi connectivity index (χ2n) is 2.33. The molecule has 1 rings (SSSR count). The lowest BCUT2D eigenvalue weighted by Gasteiger charge is -2.13. The number of carbonyl (C=O) groups excluding carboxylic acids is 1. The van der Waals surface area contributed by atoms with Crippen molar-refractivity contribution < 1.29 is 4.79 Å². The molecule has 0 aromatic heterocycles. The van der Waals surface area contributed by atoms with Crippen LogP contribution in [0.3, 0.4) is 0 Å². The molecule has 46 valence electrons. The van der Waals surface area contributed by atoms with E-state index in [2.05, 4.69) is 6.92 Å². The van der Waals surface area contributed by atoms with Crippen LogP contribution < -0.4 is 0 Å². The summed E-state index contributed by atoms with van der Waals surface area (Å²) in [5.41, 5.74) is 0. The Morgan fingerprint density at radius 1 is 1.75 bits per heavy atom. The first-order chi connectivity index (χ1) is 3.84. The van der Waals surface area contributed by atoms with Crippen LogP contribution in [0.15, 0.2) is 0 Å². The summed E-state index contributed by atoms with van der Waals surface area (Å²) < 4.78 is 0. The summed E-state index contributed by atoms with van der Waals surface area (Å²) in [5, 5.41) is 0. The minimum atomic E-state index is 0.493. The first-order valence-corrected chi connectivity index (χ1v) is 3.05.